The molecular weight excluding hydrogens is 414 g/mol. The lowest BCUT2D eigenvalue weighted by Gasteiger charge is -2.25. The van der Waals surface area contributed by atoms with Crippen LogP contribution in [-0.4, -0.2) is 23.4 Å². The summed E-state index contributed by atoms with van der Waals surface area (Å²) in [6.45, 7) is 4.69. The molecule has 4 rings (SSSR count). The Morgan fingerprint density at radius 2 is 1.58 bits per heavy atom. The average Bonchev–Trinajstić information content (AvgIpc) is 3.13. The average molecular weight is 442 g/mol. The maximum atomic E-state index is 13.2. The van der Waals surface area contributed by atoms with Crippen molar-refractivity contribution in [2.45, 2.75) is 32.7 Å². The van der Waals surface area contributed by atoms with Gasteiger partial charge in [-0.25, -0.2) is 0 Å². The van der Waals surface area contributed by atoms with Crippen molar-refractivity contribution < 1.29 is 19.4 Å². The van der Waals surface area contributed by atoms with Crippen LogP contribution >= 0.6 is 0 Å². The first-order chi connectivity index (χ1) is 16.0. The van der Waals surface area contributed by atoms with Crippen molar-refractivity contribution in [1.29, 1.82) is 0 Å². The molecule has 1 amide bonds. The second-order valence-electron chi connectivity index (χ2n) is 7.97. The molecule has 5 heteroatoms. The molecule has 0 saturated carbocycles. The van der Waals surface area contributed by atoms with Gasteiger partial charge in [0.1, 0.15) is 11.5 Å². The van der Waals surface area contributed by atoms with Crippen LogP contribution in [0, 0.1) is 0 Å². The molecule has 0 radical (unpaired) electrons. The van der Waals surface area contributed by atoms with Crippen LogP contribution in [0.4, 0.5) is 5.69 Å². The second-order valence-corrected chi connectivity index (χ2v) is 7.97. The number of ketones is 1. The monoisotopic (exact) mass is 441 g/mol. The maximum Gasteiger partial charge on any atom is 0.300 e. The summed E-state index contributed by atoms with van der Waals surface area (Å²) in [6.07, 6.45) is 1.76. The molecule has 1 atom stereocenters. The van der Waals surface area contributed by atoms with Crippen LogP contribution in [0.5, 0.6) is 5.75 Å². The van der Waals surface area contributed by atoms with E-state index in [0.717, 1.165) is 18.4 Å². The molecule has 0 aliphatic carbocycles. The fourth-order valence-corrected chi connectivity index (χ4v) is 4.02. The van der Waals surface area contributed by atoms with Gasteiger partial charge in [0.05, 0.1) is 18.2 Å². The Balaban J connectivity index is 1.84. The molecule has 0 bridgehead atoms. The number of carbonyl (C=O) groups excluding carboxylic acids is 2. The highest BCUT2D eigenvalue weighted by Gasteiger charge is 2.46. The Morgan fingerprint density at radius 3 is 2.18 bits per heavy atom. The Kier molecular flexibility index (Phi) is 6.59. The molecule has 1 saturated heterocycles. The third-order valence-electron chi connectivity index (χ3n) is 5.78. The van der Waals surface area contributed by atoms with Gasteiger partial charge in [0.2, 0.25) is 0 Å². The molecule has 3 aromatic carbocycles. The molecule has 0 aromatic heterocycles. The molecule has 168 valence electrons. The minimum absolute atomic E-state index is 0.0790. The minimum atomic E-state index is -0.751. The fourth-order valence-electron chi connectivity index (χ4n) is 4.02. The number of hydrogen-bond acceptors (Lipinski definition) is 4. The van der Waals surface area contributed by atoms with Gasteiger partial charge in [0, 0.05) is 11.3 Å². The van der Waals surface area contributed by atoms with Gasteiger partial charge in [-0.15, -0.1) is 0 Å². The summed E-state index contributed by atoms with van der Waals surface area (Å²) in [6, 6.07) is 23.0. The van der Waals surface area contributed by atoms with Crippen molar-refractivity contribution in [3.8, 4) is 5.75 Å². The van der Waals surface area contributed by atoms with E-state index >= 15 is 0 Å². The summed E-state index contributed by atoms with van der Waals surface area (Å²) in [7, 11) is 0. The van der Waals surface area contributed by atoms with Crippen molar-refractivity contribution in [1.82, 2.24) is 0 Å². The molecule has 3 aromatic rings. The zero-order chi connectivity index (χ0) is 23.4. The molecule has 1 aliphatic heterocycles. The number of anilines is 1. The van der Waals surface area contributed by atoms with E-state index in [1.807, 2.05) is 68.4 Å². The van der Waals surface area contributed by atoms with Crippen molar-refractivity contribution in [3.63, 3.8) is 0 Å². The first-order valence-electron chi connectivity index (χ1n) is 11.2. The largest absolute Gasteiger partial charge is 0.507 e. The Hall–Kier alpha value is -3.86. The highest BCUT2D eigenvalue weighted by Crippen LogP contribution is 2.42. The Bertz CT molecular complexity index is 1160. The maximum absolute atomic E-state index is 13.2. The van der Waals surface area contributed by atoms with E-state index in [2.05, 4.69) is 0 Å². The van der Waals surface area contributed by atoms with E-state index < -0.39 is 17.7 Å². The Morgan fingerprint density at radius 1 is 0.909 bits per heavy atom. The highest BCUT2D eigenvalue weighted by atomic mass is 16.5. The van der Waals surface area contributed by atoms with E-state index in [9.17, 15) is 14.7 Å². The molecule has 1 N–H and O–H groups in total. The first-order valence-corrected chi connectivity index (χ1v) is 11.2. The van der Waals surface area contributed by atoms with Gasteiger partial charge in [0.25, 0.3) is 11.7 Å². The smallest absolute Gasteiger partial charge is 0.300 e. The van der Waals surface area contributed by atoms with Gasteiger partial charge >= 0.3 is 0 Å². The van der Waals surface area contributed by atoms with Crippen LogP contribution in [0.3, 0.4) is 0 Å². The number of hydrogen-bond donors (Lipinski definition) is 1. The van der Waals surface area contributed by atoms with Crippen LogP contribution in [0.1, 0.15) is 43.0 Å². The summed E-state index contributed by atoms with van der Waals surface area (Å²) in [4.78, 5) is 27.8. The van der Waals surface area contributed by atoms with Crippen LogP contribution < -0.4 is 9.64 Å². The molecule has 33 heavy (non-hydrogen) atoms. The number of amides is 1. The number of para-hydroxylation sites is 1. The number of aliphatic hydroxyl groups excluding tert-OH is 1. The van der Waals surface area contributed by atoms with E-state index in [0.29, 0.717) is 29.2 Å². The van der Waals surface area contributed by atoms with Crippen molar-refractivity contribution in [3.05, 3.63) is 101 Å². The standard InChI is InChI=1S/C28H27NO4/c1-3-18-33-23-16-14-20(15-17-23)25-24(26(30)21-12-10-19(4-2)11-13-21)27(31)28(32)29(25)22-8-6-5-7-9-22/h5-17,25,30H,3-4,18H2,1-2H3/b26-24-. The number of aryl methyl sites for hydroxylation is 1. The van der Waals surface area contributed by atoms with Crippen molar-refractivity contribution >= 4 is 23.1 Å². The van der Waals surface area contributed by atoms with Gasteiger partial charge in [-0.1, -0.05) is 68.4 Å². The molecule has 5 nitrogen and oxygen atoms in total. The molecule has 1 aliphatic rings. The van der Waals surface area contributed by atoms with E-state index in [1.165, 1.54) is 4.90 Å². The number of benzene rings is 3. The SMILES string of the molecule is CCCOc1ccc(C2/C(=C(/O)c3ccc(CC)cc3)C(=O)C(=O)N2c2ccccc2)cc1. The fraction of sp³-hybridized carbons (Fsp3) is 0.214. The van der Waals surface area contributed by atoms with Gasteiger partial charge in [0.15, 0.2) is 0 Å². The van der Waals surface area contributed by atoms with E-state index in [1.54, 1.807) is 24.3 Å². The lowest BCUT2D eigenvalue weighted by atomic mass is 9.94. The number of ether oxygens (including phenoxy) is 1. The normalized spacial score (nSPS) is 17.4. The number of rotatable bonds is 7. The second kappa shape index (κ2) is 9.74. The summed E-state index contributed by atoms with van der Waals surface area (Å²) in [5, 5.41) is 11.2. The quantitative estimate of drug-likeness (QED) is 0.292. The third-order valence-corrected chi connectivity index (χ3v) is 5.78. The zero-order valence-electron chi connectivity index (χ0n) is 18.8. The number of nitrogens with zero attached hydrogens (tertiary/aromatic N) is 1. The summed E-state index contributed by atoms with van der Waals surface area (Å²) < 4.78 is 5.68. The molecule has 1 heterocycles. The lowest BCUT2D eigenvalue weighted by molar-refractivity contribution is -0.132. The molecular formula is C28H27NO4. The topological polar surface area (TPSA) is 66.8 Å². The summed E-state index contributed by atoms with van der Waals surface area (Å²) in [5.74, 6) is -0.824. The number of Topliss-reactive ketones (excluding diaryl/α,β-unsaturated/α-hetero) is 1. The van der Waals surface area contributed by atoms with Crippen LogP contribution in [0.15, 0.2) is 84.4 Å². The van der Waals surface area contributed by atoms with E-state index in [4.69, 9.17) is 4.74 Å². The van der Waals surface area contributed by atoms with Gasteiger partial charge in [-0.2, -0.15) is 0 Å². The van der Waals surface area contributed by atoms with Crippen LogP contribution in [0.2, 0.25) is 0 Å². The van der Waals surface area contributed by atoms with E-state index in [-0.39, 0.29) is 11.3 Å². The van der Waals surface area contributed by atoms with Crippen molar-refractivity contribution in [2.75, 3.05) is 11.5 Å². The minimum Gasteiger partial charge on any atom is -0.507 e. The van der Waals surface area contributed by atoms with Gasteiger partial charge in [-0.3, -0.25) is 14.5 Å². The number of carbonyl (C=O) groups is 2. The first kappa shape index (κ1) is 22.3. The predicted molar refractivity (Wildman–Crippen MR) is 129 cm³/mol. The lowest BCUT2D eigenvalue weighted by Crippen LogP contribution is -2.29. The summed E-state index contributed by atoms with van der Waals surface area (Å²) in [5.41, 5.74) is 3.02. The highest BCUT2D eigenvalue weighted by molar-refractivity contribution is 6.51. The summed E-state index contributed by atoms with van der Waals surface area (Å²) >= 11 is 0. The molecule has 0 spiro atoms. The molecule has 1 fully saturated rings. The zero-order valence-corrected chi connectivity index (χ0v) is 18.8. The van der Waals surface area contributed by atoms with Gasteiger partial charge < -0.3 is 9.84 Å². The van der Waals surface area contributed by atoms with Crippen LogP contribution in [-0.2, 0) is 16.0 Å². The van der Waals surface area contributed by atoms with Crippen molar-refractivity contribution in [2.24, 2.45) is 0 Å². The third kappa shape index (κ3) is 4.40. The number of aliphatic hydroxyl groups is 1. The van der Waals surface area contributed by atoms with Gasteiger partial charge in [-0.05, 0) is 48.2 Å². The molecule has 1 unspecified atom stereocenters. The Labute approximate surface area is 193 Å². The van der Waals surface area contributed by atoms with Crippen LogP contribution in [0.25, 0.3) is 5.76 Å². The predicted octanol–water partition coefficient (Wildman–Crippen LogP) is 5.66.